The number of aryl methyl sites for hydroxylation is 1. The van der Waals surface area contributed by atoms with E-state index in [9.17, 15) is 10.2 Å². The molecule has 3 heterocycles. The first-order valence-corrected chi connectivity index (χ1v) is 12.4. The maximum Gasteiger partial charge on any atom is 0.119 e. The Morgan fingerprint density at radius 2 is 2.03 bits per heavy atom. The van der Waals surface area contributed by atoms with Crippen molar-refractivity contribution in [3.8, 4) is 5.75 Å². The van der Waals surface area contributed by atoms with Crippen LogP contribution in [0.5, 0.6) is 5.75 Å². The molecule has 1 saturated heterocycles. The lowest BCUT2D eigenvalue weighted by Crippen LogP contribution is -2.42. The standard InChI is InChI=1S/C27H34ClN3O3/c1-34-21-6-7-24-22(16-21)26(23(28)18-30-24)25(33)8-9-27(19-32)10-14-31(15-11-27)13-3-5-20-4-2-12-29-17-20/h2,4,6-7,12,16-18,25,32-33H,3,5,8-11,13-15,19H2,1H3/t25-/m0/s1. The zero-order valence-corrected chi connectivity index (χ0v) is 20.5. The van der Waals surface area contributed by atoms with Gasteiger partial charge in [0.05, 0.1) is 23.8 Å². The van der Waals surface area contributed by atoms with E-state index in [1.165, 1.54) is 5.56 Å². The number of aromatic nitrogens is 2. The number of likely N-dealkylation sites (tertiary alicyclic amines) is 1. The van der Waals surface area contributed by atoms with Crippen LogP contribution >= 0.6 is 11.6 Å². The van der Waals surface area contributed by atoms with Crippen molar-refractivity contribution in [1.29, 1.82) is 0 Å². The predicted octanol–water partition coefficient (Wildman–Crippen LogP) is 4.81. The van der Waals surface area contributed by atoms with Gasteiger partial charge in [-0.2, -0.15) is 0 Å². The summed E-state index contributed by atoms with van der Waals surface area (Å²) in [6.07, 6.45) is 9.90. The average Bonchev–Trinajstić information content (AvgIpc) is 2.88. The Kier molecular flexibility index (Phi) is 8.37. The second-order valence-corrected chi connectivity index (χ2v) is 9.83. The average molecular weight is 484 g/mol. The molecule has 6 nitrogen and oxygen atoms in total. The highest BCUT2D eigenvalue weighted by Gasteiger charge is 2.34. The lowest BCUT2D eigenvalue weighted by atomic mass is 9.74. The van der Waals surface area contributed by atoms with Crippen molar-refractivity contribution in [3.63, 3.8) is 0 Å². The molecule has 1 aliphatic rings. The SMILES string of the molecule is COc1ccc2ncc(Cl)c([C@@H](O)CCC3(CO)CCN(CCCc4cccnc4)CC3)c2c1. The molecule has 2 aromatic heterocycles. The van der Waals surface area contributed by atoms with E-state index in [1.54, 1.807) is 13.3 Å². The van der Waals surface area contributed by atoms with Crippen molar-refractivity contribution in [2.45, 2.75) is 44.6 Å². The van der Waals surface area contributed by atoms with Gasteiger partial charge in [-0.1, -0.05) is 17.7 Å². The van der Waals surface area contributed by atoms with Crippen LogP contribution in [0.25, 0.3) is 10.9 Å². The quantitative estimate of drug-likeness (QED) is 0.430. The number of piperidine rings is 1. The zero-order chi connectivity index (χ0) is 24.0. The third-order valence-corrected chi connectivity index (χ3v) is 7.57. The third kappa shape index (κ3) is 5.87. The van der Waals surface area contributed by atoms with Crippen LogP contribution in [-0.2, 0) is 6.42 Å². The van der Waals surface area contributed by atoms with Gasteiger partial charge in [-0.15, -0.1) is 0 Å². The molecule has 2 N–H and O–H groups in total. The number of fused-ring (bicyclic) bond motifs is 1. The van der Waals surface area contributed by atoms with Crippen LogP contribution in [0.1, 0.15) is 49.3 Å². The minimum Gasteiger partial charge on any atom is -0.497 e. The Morgan fingerprint density at radius 3 is 2.74 bits per heavy atom. The number of rotatable bonds is 10. The van der Waals surface area contributed by atoms with Crippen molar-refractivity contribution < 1.29 is 14.9 Å². The summed E-state index contributed by atoms with van der Waals surface area (Å²) in [6.45, 7) is 3.14. The fraction of sp³-hybridized carbons (Fsp3) is 0.481. The Morgan fingerprint density at radius 1 is 1.21 bits per heavy atom. The molecule has 0 spiro atoms. The van der Waals surface area contributed by atoms with Crippen LogP contribution in [0.4, 0.5) is 0 Å². The van der Waals surface area contributed by atoms with Crippen molar-refractivity contribution >= 4 is 22.5 Å². The zero-order valence-electron chi connectivity index (χ0n) is 19.8. The van der Waals surface area contributed by atoms with Gasteiger partial charge in [-0.05, 0) is 93.4 Å². The fourth-order valence-corrected chi connectivity index (χ4v) is 5.29. The number of methoxy groups -OCH3 is 1. The molecule has 0 amide bonds. The molecule has 3 aromatic rings. The van der Waals surface area contributed by atoms with Crippen LogP contribution in [0.3, 0.4) is 0 Å². The normalized spacial score (nSPS) is 17.1. The van der Waals surface area contributed by atoms with Crippen LogP contribution in [0, 0.1) is 5.41 Å². The van der Waals surface area contributed by atoms with Gasteiger partial charge in [0.15, 0.2) is 0 Å². The first-order chi connectivity index (χ1) is 16.5. The summed E-state index contributed by atoms with van der Waals surface area (Å²) in [5.74, 6) is 0.702. The molecule has 1 aromatic carbocycles. The largest absolute Gasteiger partial charge is 0.497 e. The number of benzene rings is 1. The molecule has 7 heteroatoms. The number of halogens is 1. The Bertz CT molecular complexity index is 1070. The highest BCUT2D eigenvalue weighted by atomic mass is 35.5. The highest BCUT2D eigenvalue weighted by Crippen LogP contribution is 2.40. The Hall–Kier alpha value is -2.25. The minimum absolute atomic E-state index is 0.141. The van der Waals surface area contributed by atoms with Crippen LogP contribution in [0.15, 0.2) is 48.9 Å². The number of pyridine rings is 2. The molecule has 34 heavy (non-hydrogen) atoms. The number of hydrogen-bond acceptors (Lipinski definition) is 6. The van der Waals surface area contributed by atoms with Gasteiger partial charge in [0, 0.05) is 36.1 Å². The van der Waals surface area contributed by atoms with Crippen molar-refractivity contribution in [1.82, 2.24) is 14.9 Å². The number of hydrogen-bond donors (Lipinski definition) is 2. The van der Waals surface area contributed by atoms with Gasteiger partial charge in [0.2, 0.25) is 0 Å². The molecule has 0 unspecified atom stereocenters. The van der Waals surface area contributed by atoms with Gasteiger partial charge in [-0.3, -0.25) is 9.97 Å². The minimum atomic E-state index is -0.731. The molecule has 4 rings (SSSR count). The van der Waals surface area contributed by atoms with E-state index >= 15 is 0 Å². The van der Waals surface area contributed by atoms with E-state index in [2.05, 4.69) is 20.9 Å². The summed E-state index contributed by atoms with van der Waals surface area (Å²) < 4.78 is 5.36. The van der Waals surface area contributed by atoms with Crippen LogP contribution in [-0.4, -0.2) is 58.4 Å². The lowest BCUT2D eigenvalue weighted by Gasteiger charge is -2.41. The lowest BCUT2D eigenvalue weighted by molar-refractivity contribution is 0.0234. The summed E-state index contributed by atoms with van der Waals surface area (Å²) in [7, 11) is 1.62. The van der Waals surface area contributed by atoms with E-state index in [1.807, 2.05) is 36.7 Å². The molecule has 1 fully saturated rings. The molecule has 0 radical (unpaired) electrons. The summed E-state index contributed by atoms with van der Waals surface area (Å²) >= 11 is 6.47. The smallest absolute Gasteiger partial charge is 0.119 e. The predicted molar refractivity (Wildman–Crippen MR) is 135 cm³/mol. The van der Waals surface area contributed by atoms with Crippen LogP contribution < -0.4 is 4.74 Å². The van der Waals surface area contributed by atoms with E-state index in [4.69, 9.17) is 16.3 Å². The Balaban J connectivity index is 1.34. The topological polar surface area (TPSA) is 78.7 Å². The molecule has 1 aliphatic heterocycles. The maximum absolute atomic E-state index is 11.1. The Labute approximate surface area is 206 Å². The molecular formula is C27H34ClN3O3. The summed E-state index contributed by atoms with van der Waals surface area (Å²) in [5.41, 5.74) is 2.58. The highest BCUT2D eigenvalue weighted by molar-refractivity contribution is 6.32. The number of ether oxygens (including phenoxy) is 1. The van der Waals surface area contributed by atoms with Crippen molar-refractivity contribution in [3.05, 3.63) is 65.1 Å². The number of aliphatic hydroxyl groups excluding tert-OH is 2. The molecule has 0 bridgehead atoms. The van der Waals surface area contributed by atoms with Gasteiger partial charge in [0.25, 0.3) is 0 Å². The van der Waals surface area contributed by atoms with Gasteiger partial charge in [-0.25, -0.2) is 0 Å². The van der Waals surface area contributed by atoms with Gasteiger partial charge >= 0.3 is 0 Å². The van der Waals surface area contributed by atoms with Gasteiger partial charge < -0.3 is 19.8 Å². The summed E-state index contributed by atoms with van der Waals surface area (Å²) in [5, 5.41) is 22.7. The second kappa shape index (κ2) is 11.5. The number of nitrogens with zero attached hydrogens (tertiary/aromatic N) is 3. The monoisotopic (exact) mass is 483 g/mol. The van der Waals surface area contributed by atoms with E-state index < -0.39 is 6.10 Å². The second-order valence-electron chi connectivity index (χ2n) is 9.42. The first-order valence-electron chi connectivity index (χ1n) is 12.1. The third-order valence-electron chi connectivity index (χ3n) is 7.26. The number of aliphatic hydroxyl groups is 2. The van der Waals surface area contributed by atoms with E-state index in [-0.39, 0.29) is 12.0 Å². The summed E-state index contributed by atoms with van der Waals surface area (Å²) in [4.78, 5) is 11.1. The molecule has 0 aliphatic carbocycles. The maximum atomic E-state index is 11.1. The molecule has 1 atom stereocenters. The van der Waals surface area contributed by atoms with E-state index in [0.717, 1.165) is 62.6 Å². The first kappa shape index (κ1) is 24.9. The molecule has 182 valence electrons. The van der Waals surface area contributed by atoms with Crippen molar-refractivity contribution in [2.75, 3.05) is 33.4 Å². The van der Waals surface area contributed by atoms with E-state index in [0.29, 0.717) is 22.8 Å². The van der Waals surface area contributed by atoms with Gasteiger partial charge in [0.1, 0.15) is 5.75 Å². The van der Waals surface area contributed by atoms with Crippen molar-refractivity contribution in [2.24, 2.45) is 5.41 Å². The van der Waals surface area contributed by atoms with Crippen LogP contribution in [0.2, 0.25) is 5.02 Å². The summed E-state index contributed by atoms with van der Waals surface area (Å²) in [6, 6.07) is 9.71. The molecular weight excluding hydrogens is 450 g/mol. The molecule has 0 saturated carbocycles. The fourth-order valence-electron chi connectivity index (χ4n) is 5.01.